The smallest absolute Gasteiger partial charge is 0.272 e. The third kappa shape index (κ3) is 1.93. The van der Waals surface area contributed by atoms with Gasteiger partial charge >= 0.3 is 0 Å². The fourth-order valence-electron chi connectivity index (χ4n) is 2.66. The highest BCUT2D eigenvalue weighted by atomic mass is 16.2. The number of hydrogen-bond acceptors (Lipinski definition) is 2. The van der Waals surface area contributed by atoms with Gasteiger partial charge < -0.3 is 10.6 Å². The molecule has 1 aromatic carbocycles. The molecular formula is C14H18N3O+. The predicted molar refractivity (Wildman–Crippen MR) is 69.5 cm³/mol. The highest BCUT2D eigenvalue weighted by Crippen LogP contribution is 2.24. The first-order chi connectivity index (χ1) is 8.69. The molecule has 94 valence electrons. The fraction of sp³-hybridized carbons (Fsp3) is 0.429. The molecule has 0 atom stereocenters. The summed E-state index contributed by atoms with van der Waals surface area (Å²) in [6.45, 7) is 4.11. The third-order valence-corrected chi connectivity index (χ3v) is 3.74. The maximum atomic E-state index is 12.1. The van der Waals surface area contributed by atoms with Crippen molar-refractivity contribution in [3.8, 4) is 0 Å². The van der Waals surface area contributed by atoms with Crippen molar-refractivity contribution < 1.29 is 10.1 Å². The van der Waals surface area contributed by atoms with Crippen molar-refractivity contribution in [2.75, 3.05) is 13.1 Å². The van der Waals surface area contributed by atoms with Gasteiger partial charge in [-0.1, -0.05) is 29.8 Å². The Hall–Kier alpha value is -1.68. The number of carbonyl (C=O) groups is 1. The minimum Gasteiger partial charge on any atom is -0.346 e. The SMILES string of the molecule is Cc1ccc(C2=NC3(CC[NH2+]CC3)NC2=O)cc1. The molecule has 0 bridgehead atoms. The Labute approximate surface area is 106 Å². The minimum atomic E-state index is -0.327. The molecule has 4 heteroatoms. The number of amides is 1. The maximum absolute atomic E-state index is 12.1. The first-order valence-electron chi connectivity index (χ1n) is 6.50. The zero-order valence-corrected chi connectivity index (χ0v) is 10.6. The number of benzene rings is 1. The van der Waals surface area contributed by atoms with Crippen LogP contribution in [0.2, 0.25) is 0 Å². The molecule has 1 saturated heterocycles. The molecule has 1 aromatic rings. The van der Waals surface area contributed by atoms with Crippen LogP contribution in [0.3, 0.4) is 0 Å². The van der Waals surface area contributed by atoms with Crippen LogP contribution in [0, 0.1) is 6.92 Å². The highest BCUT2D eigenvalue weighted by molar-refractivity contribution is 6.46. The molecule has 4 nitrogen and oxygen atoms in total. The van der Waals surface area contributed by atoms with E-state index in [-0.39, 0.29) is 11.6 Å². The van der Waals surface area contributed by atoms with Crippen LogP contribution < -0.4 is 10.6 Å². The first-order valence-corrected chi connectivity index (χ1v) is 6.50. The Kier molecular flexibility index (Phi) is 2.67. The molecule has 0 saturated carbocycles. The maximum Gasteiger partial charge on any atom is 0.272 e. The highest BCUT2D eigenvalue weighted by Gasteiger charge is 2.41. The summed E-state index contributed by atoms with van der Waals surface area (Å²) in [5.41, 5.74) is 2.38. The van der Waals surface area contributed by atoms with E-state index in [2.05, 4.69) is 10.6 Å². The van der Waals surface area contributed by atoms with Gasteiger partial charge in [0, 0.05) is 18.4 Å². The zero-order valence-electron chi connectivity index (χ0n) is 10.6. The quantitative estimate of drug-likeness (QED) is 0.716. The first kappa shape index (κ1) is 11.4. The molecule has 1 fully saturated rings. The van der Waals surface area contributed by atoms with Crippen LogP contribution in [0.15, 0.2) is 29.3 Å². The number of aliphatic imine (C=N–C) groups is 1. The topological polar surface area (TPSA) is 58.1 Å². The average Bonchev–Trinajstić information content (AvgIpc) is 2.68. The molecule has 1 spiro atoms. The molecule has 2 aliphatic heterocycles. The Morgan fingerprint density at radius 2 is 1.89 bits per heavy atom. The van der Waals surface area contributed by atoms with Crippen molar-refractivity contribution in [1.82, 2.24) is 5.32 Å². The molecule has 0 radical (unpaired) electrons. The van der Waals surface area contributed by atoms with Gasteiger partial charge in [-0.25, -0.2) is 0 Å². The van der Waals surface area contributed by atoms with E-state index in [9.17, 15) is 4.79 Å². The number of piperidine rings is 1. The van der Waals surface area contributed by atoms with E-state index in [4.69, 9.17) is 4.99 Å². The summed E-state index contributed by atoms with van der Waals surface area (Å²) < 4.78 is 0. The van der Waals surface area contributed by atoms with E-state index < -0.39 is 0 Å². The fourth-order valence-corrected chi connectivity index (χ4v) is 2.66. The van der Waals surface area contributed by atoms with E-state index in [0.717, 1.165) is 31.5 Å². The summed E-state index contributed by atoms with van der Waals surface area (Å²) >= 11 is 0. The third-order valence-electron chi connectivity index (χ3n) is 3.74. The van der Waals surface area contributed by atoms with Crippen molar-refractivity contribution in [2.24, 2.45) is 4.99 Å². The van der Waals surface area contributed by atoms with Crippen molar-refractivity contribution in [3.05, 3.63) is 35.4 Å². The Morgan fingerprint density at radius 1 is 1.22 bits per heavy atom. The van der Waals surface area contributed by atoms with Crippen LogP contribution in [0.5, 0.6) is 0 Å². The van der Waals surface area contributed by atoms with Crippen LogP contribution >= 0.6 is 0 Å². The molecule has 2 aliphatic rings. The number of rotatable bonds is 1. The second kappa shape index (κ2) is 4.21. The van der Waals surface area contributed by atoms with Crippen LogP contribution in [0.4, 0.5) is 0 Å². The largest absolute Gasteiger partial charge is 0.346 e. The van der Waals surface area contributed by atoms with Gasteiger partial charge in [-0.15, -0.1) is 0 Å². The molecule has 0 unspecified atom stereocenters. The predicted octanol–water partition coefficient (Wildman–Crippen LogP) is -0.0326. The lowest BCUT2D eigenvalue weighted by Crippen LogP contribution is -2.88. The van der Waals surface area contributed by atoms with Gasteiger partial charge in [0.05, 0.1) is 13.1 Å². The second-order valence-corrected chi connectivity index (χ2v) is 5.18. The zero-order chi connectivity index (χ0) is 12.6. The van der Waals surface area contributed by atoms with E-state index in [0.29, 0.717) is 5.71 Å². The Bertz CT molecular complexity index is 498. The number of nitrogens with zero attached hydrogens (tertiary/aromatic N) is 1. The van der Waals surface area contributed by atoms with Gasteiger partial charge in [-0.3, -0.25) is 9.79 Å². The van der Waals surface area contributed by atoms with Crippen molar-refractivity contribution in [3.63, 3.8) is 0 Å². The van der Waals surface area contributed by atoms with Crippen LogP contribution in [-0.4, -0.2) is 30.4 Å². The van der Waals surface area contributed by atoms with E-state index in [1.54, 1.807) is 0 Å². The average molecular weight is 244 g/mol. The van der Waals surface area contributed by atoms with E-state index in [1.807, 2.05) is 31.2 Å². The van der Waals surface area contributed by atoms with Crippen LogP contribution in [0.1, 0.15) is 24.0 Å². The van der Waals surface area contributed by atoms with Crippen LogP contribution in [-0.2, 0) is 4.79 Å². The second-order valence-electron chi connectivity index (χ2n) is 5.18. The molecule has 18 heavy (non-hydrogen) atoms. The van der Waals surface area contributed by atoms with Crippen molar-refractivity contribution in [1.29, 1.82) is 0 Å². The van der Waals surface area contributed by atoms with Gasteiger partial charge in [0.1, 0.15) is 11.4 Å². The number of nitrogens with one attached hydrogen (secondary N) is 1. The summed E-state index contributed by atoms with van der Waals surface area (Å²) in [4.78, 5) is 16.8. The molecule has 1 amide bonds. The van der Waals surface area contributed by atoms with Crippen molar-refractivity contribution in [2.45, 2.75) is 25.4 Å². The van der Waals surface area contributed by atoms with Gasteiger partial charge in [0.15, 0.2) is 0 Å². The number of nitrogens with two attached hydrogens (primary N) is 1. The van der Waals surface area contributed by atoms with Crippen molar-refractivity contribution >= 4 is 11.6 Å². The van der Waals surface area contributed by atoms with Gasteiger partial charge in [-0.2, -0.15) is 0 Å². The number of aryl methyl sites for hydroxylation is 1. The van der Waals surface area contributed by atoms with E-state index in [1.165, 1.54) is 5.56 Å². The molecular weight excluding hydrogens is 226 g/mol. The summed E-state index contributed by atoms with van der Waals surface area (Å²) in [5.74, 6) is -0.0271. The lowest BCUT2D eigenvalue weighted by molar-refractivity contribution is -0.665. The summed E-state index contributed by atoms with van der Waals surface area (Å²) in [7, 11) is 0. The molecule has 3 rings (SSSR count). The van der Waals surface area contributed by atoms with Crippen LogP contribution in [0.25, 0.3) is 0 Å². The lowest BCUT2D eigenvalue weighted by Gasteiger charge is -2.28. The normalized spacial score (nSPS) is 21.8. The number of hydrogen-bond donors (Lipinski definition) is 2. The monoisotopic (exact) mass is 244 g/mol. The molecule has 3 N–H and O–H groups in total. The lowest BCUT2D eigenvalue weighted by atomic mass is 10.00. The standard InChI is InChI=1S/C14H17N3O/c1-10-2-4-11(5-3-10)12-13(18)17-14(16-12)6-8-15-9-7-14/h2-5,15H,6-9H2,1H3,(H,17,18)/p+1. The van der Waals surface area contributed by atoms with Gasteiger partial charge in [-0.05, 0) is 6.92 Å². The summed E-state index contributed by atoms with van der Waals surface area (Å²) in [6, 6.07) is 7.99. The number of quaternary nitrogens is 1. The van der Waals surface area contributed by atoms with E-state index >= 15 is 0 Å². The molecule has 0 aromatic heterocycles. The summed E-state index contributed by atoms with van der Waals surface area (Å²) in [6.07, 6.45) is 1.85. The molecule has 0 aliphatic carbocycles. The number of carbonyl (C=O) groups excluding carboxylic acids is 1. The van der Waals surface area contributed by atoms with Gasteiger partial charge in [0.25, 0.3) is 5.91 Å². The minimum absolute atomic E-state index is 0.0271. The summed E-state index contributed by atoms with van der Waals surface area (Å²) in [5, 5.41) is 5.34. The molecule has 2 heterocycles. The Balaban J connectivity index is 1.93. The van der Waals surface area contributed by atoms with Gasteiger partial charge in [0.2, 0.25) is 0 Å². The Morgan fingerprint density at radius 3 is 2.56 bits per heavy atom.